The molecule has 1 fully saturated rings. The predicted molar refractivity (Wildman–Crippen MR) is 108 cm³/mol. The molecule has 2 amide bonds. The van der Waals surface area contributed by atoms with Gasteiger partial charge in [0.2, 0.25) is 5.91 Å². The zero-order valence-corrected chi connectivity index (χ0v) is 16.1. The van der Waals surface area contributed by atoms with Crippen LogP contribution in [0.15, 0.2) is 53.5 Å². The van der Waals surface area contributed by atoms with Crippen LogP contribution in [0.25, 0.3) is 0 Å². The Morgan fingerprint density at radius 3 is 2.54 bits per heavy atom. The van der Waals surface area contributed by atoms with Gasteiger partial charge in [-0.15, -0.1) is 0 Å². The highest BCUT2D eigenvalue weighted by molar-refractivity contribution is 6.37. The summed E-state index contributed by atoms with van der Waals surface area (Å²) >= 11 is 6.26. The highest BCUT2D eigenvalue weighted by Crippen LogP contribution is 2.42. The number of rotatable bonds is 4. The molecule has 1 unspecified atom stereocenters. The molecule has 4 rings (SSSR count). The smallest absolute Gasteiger partial charge is 0.265 e. The molecule has 5 nitrogen and oxygen atoms in total. The lowest BCUT2D eigenvalue weighted by molar-refractivity contribution is -0.118. The monoisotopic (exact) mass is 391 g/mol. The van der Waals surface area contributed by atoms with Crippen LogP contribution in [-0.2, 0) is 4.79 Å². The number of hydrogen-bond donors (Lipinski definition) is 0. The van der Waals surface area contributed by atoms with Crippen LogP contribution in [0.2, 0.25) is 5.02 Å². The Kier molecular flexibility index (Phi) is 4.52. The SMILES string of the molecule is C[C@](C#N)(N=CC1C(=O)N(c2ccccc2Cl)C(=O)c2ccccc21)C1CC1. The van der Waals surface area contributed by atoms with Gasteiger partial charge in [-0.05, 0) is 49.4 Å². The van der Waals surface area contributed by atoms with E-state index < -0.39 is 23.3 Å². The van der Waals surface area contributed by atoms with Crippen LogP contribution in [0.5, 0.6) is 0 Å². The fraction of sp³-hybridized carbons (Fsp3) is 0.273. The third-order valence-electron chi connectivity index (χ3n) is 5.40. The summed E-state index contributed by atoms with van der Waals surface area (Å²) in [5, 5.41) is 9.88. The molecule has 2 aliphatic rings. The first-order valence-electron chi connectivity index (χ1n) is 9.14. The highest BCUT2D eigenvalue weighted by Gasteiger charge is 2.43. The molecule has 1 heterocycles. The van der Waals surface area contributed by atoms with Crippen molar-refractivity contribution in [2.45, 2.75) is 31.2 Å². The molecule has 0 aromatic heterocycles. The van der Waals surface area contributed by atoms with E-state index in [9.17, 15) is 14.9 Å². The van der Waals surface area contributed by atoms with E-state index in [1.54, 1.807) is 55.5 Å². The summed E-state index contributed by atoms with van der Waals surface area (Å²) in [5.74, 6) is -1.37. The second-order valence-corrected chi connectivity index (χ2v) is 7.71. The van der Waals surface area contributed by atoms with Crippen LogP contribution >= 0.6 is 11.6 Å². The topological polar surface area (TPSA) is 73.5 Å². The van der Waals surface area contributed by atoms with Gasteiger partial charge in [0.05, 0.1) is 22.7 Å². The largest absolute Gasteiger partial charge is 0.275 e. The van der Waals surface area contributed by atoms with Gasteiger partial charge >= 0.3 is 0 Å². The number of aliphatic imine (C=N–C) groups is 1. The summed E-state index contributed by atoms with van der Waals surface area (Å²) in [6, 6.07) is 16.0. The lowest BCUT2D eigenvalue weighted by atomic mass is 9.88. The third kappa shape index (κ3) is 3.00. The predicted octanol–water partition coefficient (Wildman–Crippen LogP) is 4.37. The van der Waals surface area contributed by atoms with Crippen LogP contribution in [0, 0.1) is 17.2 Å². The summed E-state index contributed by atoms with van der Waals surface area (Å²) in [5.41, 5.74) is 0.521. The minimum absolute atomic E-state index is 0.212. The Morgan fingerprint density at radius 2 is 1.86 bits per heavy atom. The van der Waals surface area contributed by atoms with E-state index in [1.807, 2.05) is 0 Å². The van der Waals surface area contributed by atoms with E-state index in [-0.39, 0.29) is 5.92 Å². The van der Waals surface area contributed by atoms with E-state index >= 15 is 0 Å². The maximum absolute atomic E-state index is 13.3. The molecule has 0 saturated heterocycles. The third-order valence-corrected chi connectivity index (χ3v) is 5.72. The van der Waals surface area contributed by atoms with Gasteiger partial charge in [-0.1, -0.05) is 41.9 Å². The Morgan fingerprint density at radius 1 is 1.18 bits per heavy atom. The fourth-order valence-electron chi connectivity index (χ4n) is 3.56. The van der Waals surface area contributed by atoms with Gasteiger partial charge in [-0.2, -0.15) is 5.26 Å². The minimum Gasteiger partial charge on any atom is -0.275 e. The number of benzene rings is 2. The molecule has 2 aromatic carbocycles. The molecule has 2 atom stereocenters. The molecular formula is C22H18ClN3O2. The van der Waals surface area contributed by atoms with E-state index in [0.717, 1.165) is 17.7 Å². The molecule has 0 bridgehead atoms. The quantitative estimate of drug-likeness (QED) is 0.573. The van der Waals surface area contributed by atoms with Crippen LogP contribution < -0.4 is 4.90 Å². The van der Waals surface area contributed by atoms with Gasteiger partial charge in [0, 0.05) is 11.8 Å². The molecule has 0 N–H and O–H groups in total. The van der Waals surface area contributed by atoms with Gasteiger partial charge in [0.15, 0.2) is 0 Å². The molecule has 6 heteroatoms. The Labute approximate surface area is 168 Å². The van der Waals surface area contributed by atoms with Crippen molar-refractivity contribution in [3.05, 3.63) is 64.7 Å². The number of carbonyl (C=O) groups is 2. The second-order valence-electron chi connectivity index (χ2n) is 7.31. The van der Waals surface area contributed by atoms with E-state index in [1.165, 1.54) is 6.21 Å². The van der Waals surface area contributed by atoms with Crippen molar-refractivity contribution in [2.75, 3.05) is 4.90 Å². The van der Waals surface area contributed by atoms with Crippen molar-refractivity contribution in [1.82, 2.24) is 0 Å². The average Bonchev–Trinajstić information content (AvgIpc) is 3.55. The van der Waals surface area contributed by atoms with Crippen LogP contribution in [0.1, 0.15) is 41.6 Å². The molecule has 1 aliphatic heterocycles. The summed E-state index contributed by atoms with van der Waals surface area (Å²) in [6.07, 6.45) is 3.45. The van der Waals surface area contributed by atoms with Gasteiger partial charge in [-0.25, -0.2) is 4.90 Å². The zero-order chi connectivity index (χ0) is 19.9. The summed E-state index contributed by atoms with van der Waals surface area (Å²) in [7, 11) is 0. The maximum Gasteiger partial charge on any atom is 0.265 e. The number of hydrogen-bond acceptors (Lipinski definition) is 4. The lowest BCUT2D eigenvalue weighted by Crippen LogP contribution is -2.46. The Hall–Kier alpha value is -2.97. The number of para-hydroxylation sites is 1. The highest BCUT2D eigenvalue weighted by atomic mass is 35.5. The summed E-state index contributed by atoms with van der Waals surface area (Å²) < 4.78 is 0. The molecule has 1 saturated carbocycles. The molecule has 0 radical (unpaired) electrons. The summed E-state index contributed by atoms with van der Waals surface area (Å²) in [6.45, 7) is 1.79. The van der Waals surface area contributed by atoms with Crippen molar-refractivity contribution < 1.29 is 9.59 Å². The number of halogens is 1. The first kappa shape index (κ1) is 18.4. The van der Waals surface area contributed by atoms with Crippen molar-refractivity contribution in [3.8, 4) is 6.07 Å². The zero-order valence-electron chi connectivity index (χ0n) is 15.3. The van der Waals surface area contributed by atoms with E-state index in [0.29, 0.717) is 21.8 Å². The van der Waals surface area contributed by atoms with Crippen LogP contribution in [0.4, 0.5) is 5.69 Å². The maximum atomic E-state index is 13.3. The van der Waals surface area contributed by atoms with E-state index in [2.05, 4.69) is 11.1 Å². The molecular weight excluding hydrogens is 374 g/mol. The first-order valence-corrected chi connectivity index (χ1v) is 9.52. The van der Waals surface area contributed by atoms with Crippen molar-refractivity contribution >= 4 is 35.3 Å². The molecule has 28 heavy (non-hydrogen) atoms. The Balaban J connectivity index is 1.80. The van der Waals surface area contributed by atoms with Crippen LogP contribution in [-0.4, -0.2) is 23.6 Å². The van der Waals surface area contributed by atoms with Gasteiger partial charge in [0.25, 0.3) is 5.91 Å². The van der Waals surface area contributed by atoms with Crippen LogP contribution in [0.3, 0.4) is 0 Å². The van der Waals surface area contributed by atoms with Crippen molar-refractivity contribution in [2.24, 2.45) is 10.9 Å². The number of nitrogens with zero attached hydrogens (tertiary/aromatic N) is 3. The number of anilines is 1. The lowest BCUT2D eigenvalue weighted by Gasteiger charge is -2.31. The standard InChI is InChI=1S/C22H18ClN3O2/c1-22(13-24,14-10-11-14)25-12-17-15-6-2-3-7-16(15)20(27)26(21(17)28)19-9-5-4-8-18(19)23/h2-9,12,14,17H,10-11H2,1H3/t17?,22-/m1/s1. The minimum atomic E-state index is -0.855. The number of fused-ring (bicyclic) bond motifs is 1. The number of amides is 2. The second kappa shape index (κ2) is 6.88. The first-order chi connectivity index (χ1) is 13.5. The molecule has 1 aliphatic carbocycles. The number of carbonyl (C=O) groups excluding carboxylic acids is 2. The van der Waals surface area contributed by atoms with Gasteiger partial charge in [-0.3, -0.25) is 14.6 Å². The van der Waals surface area contributed by atoms with Gasteiger partial charge < -0.3 is 0 Å². The molecule has 2 aromatic rings. The average molecular weight is 392 g/mol. The van der Waals surface area contributed by atoms with Gasteiger partial charge in [0.1, 0.15) is 5.54 Å². The van der Waals surface area contributed by atoms with Crippen molar-refractivity contribution in [1.29, 1.82) is 5.26 Å². The van der Waals surface area contributed by atoms with E-state index in [4.69, 9.17) is 11.6 Å². The molecule has 0 spiro atoms. The number of imide groups is 1. The fourth-order valence-corrected chi connectivity index (χ4v) is 3.78. The molecule has 140 valence electrons. The normalized spacial score (nSPS) is 21.3. The van der Waals surface area contributed by atoms with Crippen molar-refractivity contribution in [3.63, 3.8) is 0 Å². The summed E-state index contributed by atoms with van der Waals surface area (Å²) in [4.78, 5) is 32.0. The Bertz CT molecular complexity index is 1040. The number of nitriles is 1.